The van der Waals surface area contributed by atoms with Crippen molar-refractivity contribution >= 4 is 21.6 Å². The minimum atomic E-state index is 0. The Morgan fingerprint density at radius 2 is 1.80 bits per heavy atom. The van der Waals surface area contributed by atoms with Gasteiger partial charge in [0, 0.05) is 10.4 Å². The Hall–Kier alpha value is 0.0600. The van der Waals surface area contributed by atoms with Crippen LogP contribution in [0.5, 0.6) is 0 Å². The molecule has 0 radical (unpaired) electrons. The van der Waals surface area contributed by atoms with Gasteiger partial charge in [-0.1, -0.05) is 39.6 Å². The van der Waals surface area contributed by atoms with Crippen molar-refractivity contribution in [1.29, 1.82) is 0 Å². The summed E-state index contributed by atoms with van der Waals surface area (Å²) >= 11 is 3.50. The van der Waals surface area contributed by atoms with Crippen LogP contribution >= 0.6 is 15.9 Å². The van der Waals surface area contributed by atoms with Crippen molar-refractivity contribution in [1.82, 2.24) is 0 Å². The molecule has 0 aliphatic heterocycles. The molecule has 1 aliphatic carbocycles. The van der Waals surface area contributed by atoms with Crippen LogP contribution in [0.4, 0.5) is 0 Å². The summed E-state index contributed by atoms with van der Waals surface area (Å²) in [5.74, 6) is 0.632. The second-order valence-electron chi connectivity index (χ2n) is 6.31. The first-order valence-corrected chi connectivity index (χ1v) is 7.88. The van der Waals surface area contributed by atoms with E-state index in [1.165, 1.54) is 37.0 Å². The van der Waals surface area contributed by atoms with E-state index >= 15 is 0 Å². The Labute approximate surface area is 148 Å². The summed E-state index contributed by atoms with van der Waals surface area (Å²) < 4.78 is 1.84. The van der Waals surface area contributed by atoms with Crippen LogP contribution in [0, 0.1) is 5.92 Å². The molecule has 1 aliphatic rings. The summed E-state index contributed by atoms with van der Waals surface area (Å²) in [7, 11) is 6.41. The van der Waals surface area contributed by atoms with Crippen molar-refractivity contribution < 1.29 is 28.6 Å². The lowest BCUT2D eigenvalue weighted by Crippen LogP contribution is -3.00. The Kier molecular flexibility index (Phi) is 7.15. The molecule has 1 saturated carbocycles. The molecule has 2 rings (SSSR count). The molecule has 20 heavy (non-hydrogen) atoms. The molecule has 1 fully saturated rings. The number of hydrogen-bond acceptors (Lipinski definition) is 1. The van der Waals surface area contributed by atoms with E-state index in [0.717, 1.165) is 10.9 Å². The van der Waals surface area contributed by atoms with Crippen LogP contribution in [0.15, 0.2) is 33.8 Å². The molecule has 0 saturated heterocycles. The van der Waals surface area contributed by atoms with Crippen LogP contribution in [0.25, 0.3) is 0 Å². The van der Waals surface area contributed by atoms with Gasteiger partial charge in [-0.25, -0.2) is 4.59 Å². The third kappa shape index (κ3) is 5.82. The quantitative estimate of drug-likeness (QED) is 0.373. The van der Waals surface area contributed by atoms with Gasteiger partial charge in [0.25, 0.3) is 0 Å². The zero-order valence-electron chi connectivity index (χ0n) is 12.6. The predicted octanol–water partition coefficient (Wildman–Crippen LogP) is 1.25. The van der Waals surface area contributed by atoms with E-state index in [-0.39, 0.29) is 24.0 Å². The van der Waals surface area contributed by atoms with Crippen LogP contribution in [-0.2, 0) is 6.42 Å². The van der Waals surface area contributed by atoms with Crippen molar-refractivity contribution in [2.45, 2.75) is 32.1 Å². The van der Waals surface area contributed by atoms with Crippen LogP contribution in [0.3, 0.4) is 0 Å². The molecule has 112 valence electrons. The van der Waals surface area contributed by atoms with Gasteiger partial charge in [-0.05, 0) is 43.4 Å². The van der Waals surface area contributed by atoms with Gasteiger partial charge < -0.3 is 24.0 Å². The Morgan fingerprint density at radius 3 is 2.40 bits per heavy atom. The summed E-state index contributed by atoms with van der Waals surface area (Å²) in [6, 6.07) is 8.72. The van der Waals surface area contributed by atoms with E-state index in [9.17, 15) is 0 Å². The van der Waals surface area contributed by atoms with Crippen LogP contribution in [-0.4, -0.2) is 31.4 Å². The predicted molar refractivity (Wildman–Crippen MR) is 85.3 cm³/mol. The number of halogens is 2. The molecule has 0 aromatic heterocycles. The number of benzene rings is 1. The van der Waals surface area contributed by atoms with Gasteiger partial charge in [0.2, 0.25) is 0 Å². The molecule has 1 unspecified atom stereocenters. The SMILES string of the molecule is C[N+](C)(C)N=C1CCCCC1Cc1ccc(Br)cc1.[I-]. The topological polar surface area (TPSA) is 12.4 Å². The molecule has 1 aromatic carbocycles. The number of hydrogen-bond donors (Lipinski definition) is 0. The largest absolute Gasteiger partial charge is 1.00 e. The molecular weight excluding hydrogens is 427 g/mol. The Morgan fingerprint density at radius 1 is 1.15 bits per heavy atom. The molecule has 0 amide bonds. The summed E-state index contributed by atoms with van der Waals surface area (Å²) in [5, 5.41) is 4.91. The average Bonchev–Trinajstić information content (AvgIpc) is 2.33. The molecule has 2 nitrogen and oxygen atoms in total. The van der Waals surface area contributed by atoms with E-state index < -0.39 is 0 Å². The molecule has 0 heterocycles. The maximum Gasteiger partial charge on any atom is 0.0923 e. The fraction of sp³-hybridized carbons (Fsp3) is 0.562. The molecule has 0 N–H and O–H groups in total. The Bertz CT molecular complexity index is 449. The van der Waals surface area contributed by atoms with Gasteiger partial charge in [-0.3, -0.25) is 0 Å². The van der Waals surface area contributed by atoms with Gasteiger partial charge in [-0.15, -0.1) is 0 Å². The fourth-order valence-electron chi connectivity index (χ4n) is 2.71. The second-order valence-corrected chi connectivity index (χ2v) is 7.22. The summed E-state index contributed by atoms with van der Waals surface area (Å²) in [6.45, 7) is 0. The number of quaternary nitrogens is 1. The van der Waals surface area contributed by atoms with Gasteiger partial charge in [0.05, 0.1) is 26.9 Å². The molecule has 0 spiro atoms. The van der Waals surface area contributed by atoms with Crippen molar-refractivity contribution in [3.63, 3.8) is 0 Å². The second kappa shape index (κ2) is 7.90. The Balaban J connectivity index is 0.00000200. The van der Waals surface area contributed by atoms with Gasteiger partial charge >= 0.3 is 0 Å². The summed E-state index contributed by atoms with van der Waals surface area (Å²) in [4.78, 5) is 0. The molecular formula is C16H24BrIN2. The number of rotatable bonds is 3. The van der Waals surface area contributed by atoms with Gasteiger partial charge in [-0.2, -0.15) is 0 Å². The minimum absolute atomic E-state index is 0. The average molecular weight is 451 g/mol. The lowest BCUT2D eigenvalue weighted by Gasteiger charge is -2.26. The van der Waals surface area contributed by atoms with E-state index in [1.807, 2.05) is 0 Å². The molecule has 1 atom stereocenters. The van der Waals surface area contributed by atoms with Crippen molar-refractivity contribution in [3.05, 3.63) is 34.3 Å². The van der Waals surface area contributed by atoms with Crippen molar-refractivity contribution in [3.8, 4) is 0 Å². The molecule has 1 aromatic rings. The monoisotopic (exact) mass is 450 g/mol. The van der Waals surface area contributed by atoms with Gasteiger partial charge in [0.15, 0.2) is 0 Å². The highest BCUT2D eigenvalue weighted by atomic mass is 127. The first kappa shape index (κ1) is 18.1. The highest BCUT2D eigenvalue weighted by Gasteiger charge is 2.23. The zero-order chi connectivity index (χ0) is 13.9. The zero-order valence-corrected chi connectivity index (χ0v) is 16.3. The smallest absolute Gasteiger partial charge is 0.0923 e. The van der Waals surface area contributed by atoms with Crippen molar-refractivity contribution in [2.75, 3.05) is 21.1 Å². The van der Waals surface area contributed by atoms with Crippen LogP contribution in [0.2, 0.25) is 0 Å². The maximum atomic E-state index is 4.91. The fourth-order valence-corrected chi connectivity index (χ4v) is 2.97. The maximum absolute atomic E-state index is 4.91. The van der Waals surface area contributed by atoms with Crippen LogP contribution < -0.4 is 24.0 Å². The third-order valence-corrected chi connectivity index (χ3v) is 4.06. The highest BCUT2D eigenvalue weighted by molar-refractivity contribution is 9.10. The number of nitrogens with zero attached hydrogens (tertiary/aromatic N) is 2. The third-order valence-electron chi connectivity index (χ3n) is 3.53. The van der Waals surface area contributed by atoms with E-state index in [1.54, 1.807) is 0 Å². The van der Waals surface area contributed by atoms with E-state index in [2.05, 4.69) is 61.3 Å². The normalized spacial score (nSPS) is 21.6. The first-order chi connectivity index (χ1) is 8.94. The molecule has 4 heteroatoms. The van der Waals surface area contributed by atoms with Crippen LogP contribution in [0.1, 0.15) is 31.2 Å². The summed E-state index contributed by atoms with van der Waals surface area (Å²) in [5.41, 5.74) is 2.84. The molecule has 0 bridgehead atoms. The van der Waals surface area contributed by atoms with E-state index in [4.69, 9.17) is 5.10 Å². The van der Waals surface area contributed by atoms with Gasteiger partial charge in [0.1, 0.15) is 0 Å². The van der Waals surface area contributed by atoms with E-state index in [0.29, 0.717) is 10.5 Å². The highest BCUT2D eigenvalue weighted by Crippen LogP contribution is 2.26. The van der Waals surface area contributed by atoms with Crippen molar-refractivity contribution in [2.24, 2.45) is 11.0 Å². The minimum Gasteiger partial charge on any atom is -1.00 e. The first-order valence-electron chi connectivity index (χ1n) is 7.09. The summed E-state index contributed by atoms with van der Waals surface area (Å²) in [6.07, 6.45) is 6.24. The lowest BCUT2D eigenvalue weighted by molar-refractivity contribution is -0.877. The lowest BCUT2D eigenvalue weighted by atomic mass is 9.83. The standard InChI is InChI=1S/C16H24BrN2.HI/c1-19(2,3)18-16-7-5-4-6-14(16)12-13-8-10-15(17)11-9-13;/h8-11,14H,4-7,12H2,1-3H3;1H/q+1;/p-1.